The summed E-state index contributed by atoms with van der Waals surface area (Å²) in [5, 5.41) is 22.1. The number of hydrogen-bond donors (Lipinski definition) is 4. The van der Waals surface area contributed by atoms with Crippen molar-refractivity contribution in [2.24, 2.45) is 0 Å². The number of carbonyl (C=O) groups excluding carboxylic acids is 1. The number of amides is 2. The van der Waals surface area contributed by atoms with Gasteiger partial charge in [0.2, 0.25) is 0 Å². The van der Waals surface area contributed by atoms with E-state index in [1.807, 2.05) is 0 Å². The summed E-state index contributed by atoms with van der Waals surface area (Å²) in [6.07, 6.45) is 1.69. The van der Waals surface area contributed by atoms with Crippen molar-refractivity contribution in [2.75, 3.05) is 7.11 Å². The molecule has 1 saturated carbocycles. The average molecular weight is 274 g/mol. The van der Waals surface area contributed by atoms with Gasteiger partial charge in [-0.25, -0.2) is 9.59 Å². The van der Waals surface area contributed by atoms with Crippen LogP contribution in [0.5, 0.6) is 0 Å². The highest BCUT2D eigenvalue weighted by molar-refractivity contribution is 5.86. The van der Waals surface area contributed by atoms with Gasteiger partial charge in [0.05, 0.1) is 12.5 Å². The second-order valence-electron chi connectivity index (χ2n) is 4.47. The van der Waals surface area contributed by atoms with Crippen LogP contribution >= 0.6 is 0 Å². The molecular weight excluding hydrogens is 256 g/mol. The number of carbonyl (C=O) groups is 3. The molecule has 0 aromatic heterocycles. The van der Waals surface area contributed by atoms with Crippen molar-refractivity contribution in [1.82, 2.24) is 10.6 Å². The molecule has 1 fully saturated rings. The highest BCUT2D eigenvalue weighted by Gasteiger charge is 2.28. The molecule has 19 heavy (non-hydrogen) atoms. The molecule has 4 N–H and O–H groups in total. The molecule has 8 heteroatoms. The monoisotopic (exact) mass is 274 g/mol. The summed E-state index contributed by atoms with van der Waals surface area (Å²) in [7, 11) is 1.60. The second-order valence-corrected chi connectivity index (χ2v) is 4.47. The molecule has 0 radical (unpaired) electrons. The lowest BCUT2D eigenvalue weighted by molar-refractivity contribution is -0.145. The Morgan fingerprint density at radius 1 is 1.32 bits per heavy atom. The topological polar surface area (TPSA) is 125 Å². The number of methoxy groups -OCH3 is 1. The Hall–Kier alpha value is -1.83. The fourth-order valence-electron chi connectivity index (χ4n) is 2.05. The van der Waals surface area contributed by atoms with Crippen molar-refractivity contribution in [3.8, 4) is 0 Å². The number of ether oxygens (including phenoxy) is 1. The molecule has 3 atom stereocenters. The molecule has 1 aliphatic carbocycles. The van der Waals surface area contributed by atoms with Crippen LogP contribution in [0, 0.1) is 0 Å². The molecule has 1 rings (SSSR count). The lowest BCUT2D eigenvalue weighted by atomic mass is 10.2. The summed E-state index contributed by atoms with van der Waals surface area (Å²) in [5.74, 6) is -2.66. The van der Waals surface area contributed by atoms with Gasteiger partial charge in [-0.2, -0.15) is 0 Å². The molecule has 0 aliphatic heterocycles. The van der Waals surface area contributed by atoms with E-state index >= 15 is 0 Å². The van der Waals surface area contributed by atoms with Crippen molar-refractivity contribution >= 4 is 18.0 Å². The Kier molecular flexibility index (Phi) is 5.56. The SMILES string of the molecule is COC1CCC(NC(=O)N[C@H](CC(=O)O)C(=O)O)C1. The third-order valence-corrected chi connectivity index (χ3v) is 3.04. The zero-order valence-electron chi connectivity index (χ0n) is 10.6. The van der Waals surface area contributed by atoms with E-state index in [1.54, 1.807) is 7.11 Å². The normalized spacial score (nSPS) is 23.6. The third kappa shape index (κ3) is 5.12. The Balaban J connectivity index is 2.40. The number of rotatable bonds is 6. The number of nitrogens with one attached hydrogen (secondary N) is 2. The fourth-order valence-corrected chi connectivity index (χ4v) is 2.05. The van der Waals surface area contributed by atoms with Gasteiger partial charge in [0.1, 0.15) is 6.04 Å². The Morgan fingerprint density at radius 3 is 2.47 bits per heavy atom. The van der Waals surface area contributed by atoms with E-state index in [0.717, 1.165) is 12.8 Å². The van der Waals surface area contributed by atoms with Gasteiger partial charge >= 0.3 is 18.0 Å². The first-order valence-electron chi connectivity index (χ1n) is 5.96. The third-order valence-electron chi connectivity index (χ3n) is 3.04. The van der Waals surface area contributed by atoms with E-state index < -0.39 is 30.4 Å². The first-order valence-corrected chi connectivity index (χ1v) is 5.96. The molecule has 0 saturated heterocycles. The summed E-state index contributed by atoms with van der Waals surface area (Å²) < 4.78 is 5.15. The maximum Gasteiger partial charge on any atom is 0.326 e. The summed E-state index contributed by atoms with van der Waals surface area (Å²) in [4.78, 5) is 32.8. The maximum atomic E-state index is 11.6. The smallest absolute Gasteiger partial charge is 0.326 e. The quantitative estimate of drug-likeness (QED) is 0.530. The van der Waals surface area contributed by atoms with Crippen molar-refractivity contribution in [3.63, 3.8) is 0 Å². The molecule has 0 aromatic carbocycles. The largest absolute Gasteiger partial charge is 0.481 e. The first-order chi connectivity index (χ1) is 8.92. The number of hydrogen-bond acceptors (Lipinski definition) is 4. The second kappa shape index (κ2) is 6.93. The highest BCUT2D eigenvalue weighted by atomic mass is 16.5. The minimum atomic E-state index is -1.43. The lowest BCUT2D eigenvalue weighted by Gasteiger charge is -2.17. The summed E-state index contributed by atoms with van der Waals surface area (Å²) >= 11 is 0. The molecule has 108 valence electrons. The fraction of sp³-hybridized carbons (Fsp3) is 0.727. The Morgan fingerprint density at radius 2 is 2.00 bits per heavy atom. The zero-order chi connectivity index (χ0) is 14.4. The predicted molar refractivity (Wildman–Crippen MR) is 63.8 cm³/mol. The van der Waals surface area contributed by atoms with Gasteiger partial charge in [-0.05, 0) is 19.3 Å². The maximum absolute atomic E-state index is 11.6. The summed E-state index contributed by atoms with van der Waals surface area (Å²) in [6, 6.07) is -2.18. The van der Waals surface area contributed by atoms with Crippen LogP contribution in [0.2, 0.25) is 0 Å². The van der Waals surface area contributed by atoms with Crippen molar-refractivity contribution in [2.45, 2.75) is 43.9 Å². The Bertz CT molecular complexity index is 359. The van der Waals surface area contributed by atoms with Crippen LogP contribution in [0.15, 0.2) is 0 Å². The van der Waals surface area contributed by atoms with Crippen LogP contribution in [0.25, 0.3) is 0 Å². The van der Waals surface area contributed by atoms with Crippen LogP contribution in [0.4, 0.5) is 4.79 Å². The van der Waals surface area contributed by atoms with E-state index in [1.165, 1.54) is 0 Å². The summed E-state index contributed by atoms with van der Waals surface area (Å²) in [5.41, 5.74) is 0. The minimum absolute atomic E-state index is 0.0794. The van der Waals surface area contributed by atoms with E-state index in [0.29, 0.717) is 6.42 Å². The summed E-state index contributed by atoms with van der Waals surface area (Å²) in [6.45, 7) is 0. The molecule has 2 unspecified atom stereocenters. The van der Waals surface area contributed by atoms with Gasteiger partial charge < -0.3 is 25.6 Å². The van der Waals surface area contributed by atoms with Crippen molar-refractivity contribution in [3.05, 3.63) is 0 Å². The van der Waals surface area contributed by atoms with Crippen LogP contribution in [-0.2, 0) is 14.3 Å². The number of urea groups is 1. The van der Waals surface area contributed by atoms with Crippen LogP contribution < -0.4 is 10.6 Å². The van der Waals surface area contributed by atoms with Crippen LogP contribution in [0.3, 0.4) is 0 Å². The molecule has 0 bridgehead atoms. The van der Waals surface area contributed by atoms with E-state index in [9.17, 15) is 14.4 Å². The van der Waals surface area contributed by atoms with E-state index in [-0.39, 0.29) is 12.1 Å². The molecule has 1 aliphatic rings. The highest BCUT2D eigenvalue weighted by Crippen LogP contribution is 2.21. The lowest BCUT2D eigenvalue weighted by Crippen LogP contribution is -2.49. The molecule has 8 nitrogen and oxygen atoms in total. The van der Waals surface area contributed by atoms with Crippen molar-refractivity contribution < 1.29 is 29.3 Å². The van der Waals surface area contributed by atoms with Gasteiger partial charge in [-0.3, -0.25) is 4.79 Å². The number of aliphatic carboxylic acids is 2. The van der Waals surface area contributed by atoms with E-state index in [2.05, 4.69) is 10.6 Å². The molecule has 0 aromatic rings. The van der Waals surface area contributed by atoms with E-state index in [4.69, 9.17) is 14.9 Å². The van der Waals surface area contributed by atoms with Crippen molar-refractivity contribution in [1.29, 1.82) is 0 Å². The zero-order valence-corrected chi connectivity index (χ0v) is 10.6. The molecule has 2 amide bonds. The van der Waals surface area contributed by atoms with Crippen LogP contribution in [0.1, 0.15) is 25.7 Å². The van der Waals surface area contributed by atoms with Gasteiger partial charge in [0.25, 0.3) is 0 Å². The average Bonchev–Trinajstić information content (AvgIpc) is 2.75. The number of carboxylic acids is 2. The van der Waals surface area contributed by atoms with Gasteiger partial charge in [-0.15, -0.1) is 0 Å². The van der Waals surface area contributed by atoms with Gasteiger partial charge in [0, 0.05) is 13.2 Å². The molecule has 0 spiro atoms. The van der Waals surface area contributed by atoms with Crippen LogP contribution in [-0.4, -0.2) is 53.5 Å². The molecular formula is C11H18N2O6. The number of carboxylic acid groups (broad SMARTS) is 2. The predicted octanol–water partition coefficient (Wildman–Crippen LogP) is -0.219. The first kappa shape index (κ1) is 15.2. The standard InChI is InChI=1S/C11H18N2O6/c1-19-7-3-2-6(4-7)12-11(18)13-8(10(16)17)5-9(14)15/h6-8H,2-5H2,1H3,(H,14,15)(H,16,17)(H2,12,13,18)/t6?,7?,8-/m1/s1. The van der Waals surface area contributed by atoms with Gasteiger partial charge in [-0.1, -0.05) is 0 Å². The van der Waals surface area contributed by atoms with Gasteiger partial charge in [0.15, 0.2) is 0 Å². The molecule has 0 heterocycles. The minimum Gasteiger partial charge on any atom is -0.481 e. The Labute approximate surface area is 110 Å².